The van der Waals surface area contributed by atoms with Gasteiger partial charge in [-0.25, -0.2) is 9.18 Å². The minimum Gasteiger partial charge on any atom is -0.331 e. The van der Waals surface area contributed by atoms with Crippen LogP contribution in [0.15, 0.2) is 36.5 Å². The van der Waals surface area contributed by atoms with Crippen LogP contribution in [0.5, 0.6) is 0 Å². The Morgan fingerprint density at radius 2 is 1.97 bits per heavy atom. The maximum Gasteiger partial charge on any atom is 0.319 e. The van der Waals surface area contributed by atoms with E-state index < -0.39 is 0 Å². The van der Waals surface area contributed by atoms with Crippen molar-refractivity contribution >= 4 is 40.9 Å². The van der Waals surface area contributed by atoms with E-state index in [1.54, 1.807) is 35.4 Å². The van der Waals surface area contributed by atoms with Gasteiger partial charge in [0.2, 0.25) is 0 Å². The molecule has 0 saturated heterocycles. The highest BCUT2D eigenvalue weighted by atomic mass is 35.5. The number of nitrogens with one attached hydrogen (secondary N) is 2. The van der Waals surface area contributed by atoms with Gasteiger partial charge in [-0.15, -0.1) is 12.4 Å². The monoisotopic (exact) mass is 471 g/mol. The molecule has 1 saturated carbocycles. The van der Waals surface area contributed by atoms with E-state index in [2.05, 4.69) is 15.7 Å². The number of hydrogen-bond acceptors (Lipinski definition) is 4. The first-order chi connectivity index (χ1) is 15.4. The number of aromatic nitrogens is 2. The first-order valence-electron chi connectivity index (χ1n) is 11.0. The Bertz CT molecular complexity index is 1220. The molecular formula is C24H27ClFN5O2. The highest BCUT2D eigenvalue weighted by Gasteiger charge is 2.34. The van der Waals surface area contributed by atoms with E-state index in [9.17, 15) is 14.0 Å². The Morgan fingerprint density at radius 3 is 2.70 bits per heavy atom. The standard InChI is InChI=1S/C24H26FN5O2.ClH/c1-29(2)13-22(31)30-21-5-3-4-19(17(21)12-26-30)27-24(32)28-20-11-9-16-15(20)8-10-18(25)23(16)14-6-7-14;/h3-5,8,10,12,14,20H,6-7,9,11,13H2,1-2H3,(H2,27,28,32);1H. The van der Waals surface area contributed by atoms with Crippen LogP contribution in [0.4, 0.5) is 14.9 Å². The van der Waals surface area contributed by atoms with Crippen LogP contribution in [-0.2, 0) is 6.42 Å². The van der Waals surface area contributed by atoms with E-state index in [0.29, 0.717) is 22.5 Å². The molecule has 1 heterocycles. The molecule has 2 aliphatic carbocycles. The molecule has 1 unspecified atom stereocenters. The fourth-order valence-electron chi connectivity index (χ4n) is 4.68. The van der Waals surface area contributed by atoms with Gasteiger partial charge in [-0.2, -0.15) is 9.78 Å². The van der Waals surface area contributed by atoms with Crippen molar-refractivity contribution in [2.24, 2.45) is 0 Å². The number of urea groups is 1. The number of fused-ring (bicyclic) bond motifs is 2. The van der Waals surface area contributed by atoms with Crippen LogP contribution in [0.3, 0.4) is 0 Å². The lowest BCUT2D eigenvalue weighted by Gasteiger charge is -2.16. The van der Waals surface area contributed by atoms with Crippen molar-refractivity contribution in [3.63, 3.8) is 0 Å². The third-order valence-electron chi connectivity index (χ3n) is 6.24. The van der Waals surface area contributed by atoms with Crippen LogP contribution in [-0.4, -0.2) is 47.3 Å². The number of carbonyl (C=O) groups excluding carboxylic acids is 2. The zero-order valence-corrected chi connectivity index (χ0v) is 19.4. The van der Waals surface area contributed by atoms with Gasteiger partial charge in [-0.05, 0) is 80.6 Å². The summed E-state index contributed by atoms with van der Waals surface area (Å²) in [6, 6.07) is 8.23. The minimum absolute atomic E-state index is 0. The maximum atomic E-state index is 14.4. The summed E-state index contributed by atoms with van der Waals surface area (Å²) >= 11 is 0. The molecule has 9 heteroatoms. The van der Waals surface area contributed by atoms with Crippen molar-refractivity contribution in [2.45, 2.75) is 37.6 Å². The molecule has 1 atom stereocenters. The highest BCUT2D eigenvalue weighted by Crippen LogP contribution is 2.47. The number of amides is 2. The van der Waals surface area contributed by atoms with E-state index >= 15 is 0 Å². The molecule has 2 aromatic carbocycles. The second kappa shape index (κ2) is 9.11. The van der Waals surface area contributed by atoms with Crippen molar-refractivity contribution in [1.29, 1.82) is 0 Å². The van der Waals surface area contributed by atoms with Gasteiger partial charge >= 0.3 is 6.03 Å². The topological polar surface area (TPSA) is 79.3 Å². The van der Waals surface area contributed by atoms with Gasteiger partial charge < -0.3 is 15.5 Å². The largest absolute Gasteiger partial charge is 0.331 e. The quantitative estimate of drug-likeness (QED) is 0.574. The average molecular weight is 472 g/mol. The van der Waals surface area contributed by atoms with E-state index in [1.807, 2.05) is 14.1 Å². The highest BCUT2D eigenvalue weighted by molar-refractivity contribution is 6.03. The third kappa shape index (κ3) is 4.45. The number of halogens is 2. The molecule has 2 amide bonds. The lowest BCUT2D eigenvalue weighted by Crippen LogP contribution is -2.31. The van der Waals surface area contributed by atoms with E-state index in [0.717, 1.165) is 42.4 Å². The second-order valence-electron chi connectivity index (χ2n) is 8.92. The van der Waals surface area contributed by atoms with Crippen LogP contribution in [0.2, 0.25) is 0 Å². The van der Waals surface area contributed by atoms with Crippen LogP contribution in [0.1, 0.15) is 52.7 Å². The van der Waals surface area contributed by atoms with Crippen LogP contribution < -0.4 is 10.6 Å². The Balaban J connectivity index is 0.00000259. The molecule has 5 rings (SSSR count). The van der Waals surface area contributed by atoms with Crippen molar-refractivity contribution in [2.75, 3.05) is 26.0 Å². The molecule has 174 valence electrons. The number of likely N-dealkylation sites (N-methyl/N-ethyl adjacent to an activating group) is 1. The van der Waals surface area contributed by atoms with Gasteiger partial charge in [0.25, 0.3) is 5.91 Å². The molecule has 0 radical (unpaired) electrons. The lowest BCUT2D eigenvalue weighted by atomic mass is 9.98. The maximum absolute atomic E-state index is 14.4. The fourth-order valence-corrected chi connectivity index (χ4v) is 4.68. The number of carbonyl (C=O) groups is 2. The summed E-state index contributed by atoms with van der Waals surface area (Å²) in [4.78, 5) is 27.0. The SMILES string of the molecule is CN(C)CC(=O)n1ncc2c(NC(=O)NC3CCc4c3ccc(F)c4C3CC3)cccc21.Cl. The van der Waals surface area contributed by atoms with Crippen molar-refractivity contribution < 1.29 is 14.0 Å². The number of rotatable bonds is 5. The first kappa shape index (κ1) is 23.2. The smallest absolute Gasteiger partial charge is 0.319 e. The third-order valence-corrected chi connectivity index (χ3v) is 6.24. The second-order valence-corrected chi connectivity index (χ2v) is 8.92. The Morgan fingerprint density at radius 1 is 1.18 bits per heavy atom. The molecule has 7 nitrogen and oxygen atoms in total. The summed E-state index contributed by atoms with van der Waals surface area (Å²) in [5.41, 5.74) is 4.17. The minimum atomic E-state index is -0.333. The molecule has 2 aliphatic rings. The van der Waals surface area contributed by atoms with Gasteiger partial charge in [0.15, 0.2) is 0 Å². The summed E-state index contributed by atoms with van der Waals surface area (Å²) in [5, 5.41) is 10.9. The lowest BCUT2D eigenvalue weighted by molar-refractivity contribution is 0.0866. The molecule has 0 spiro atoms. The predicted molar refractivity (Wildman–Crippen MR) is 128 cm³/mol. The van der Waals surface area contributed by atoms with Gasteiger partial charge in [-0.3, -0.25) is 4.79 Å². The Hall–Kier alpha value is -2.97. The normalized spacial score (nSPS) is 17.0. The molecule has 1 fully saturated rings. The number of benzene rings is 2. The molecule has 33 heavy (non-hydrogen) atoms. The van der Waals surface area contributed by atoms with Crippen molar-refractivity contribution in [3.8, 4) is 0 Å². The van der Waals surface area contributed by atoms with Crippen LogP contribution >= 0.6 is 12.4 Å². The van der Waals surface area contributed by atoms with E-state index in [4.69, 9.17) is 0 Å². The summed E-state index contributed by atoms with van der Waals surface area (Å²) in [5.74, 6) is 0.0681. The molecule has 1 aromatic heterocycles. The van der Waals surface area contributed by atoms with E-state index in [1.165, 1.54) is 10.7 Å². The van der Waals surface area contributed by atoms with Gasteiger partial charge in [0, 0.05) is 5.39 Å². The van der Waals surface area contributed by atoms with Crippen LogP contribution in [0, 0.1) is 5.82 Å². The van der Waals surface area contributed by atoms with Gasteiger partial charge in [0.05, 0.1) is 30.0 Å². The van der Waals surface area contributed by atoms with Crippen molar-refractivity contribution in [3.05, 3.63) is 59.0 Å². The average Bonchev–Trinajstić information content (AvgIpc) is 3.34. The zero-order chi connectivity index (χ0) is 22.4. The summed E-state index contributed by atoms with van der Waals surface area (Å²) in [6.45, 7) is 0.236. The van der Waals surface area contributed by atoms with Crippen LogP contribution in [0.25, 0.3) is 10.9 Å². The molecule has 0 aliphatic heterocycles. The molecule has 2 N–H and O–H groups in total. The Labute approximate surface area is 197 Å². The fraction of sp³-hybridized carbons (Fsp3) is 0.375. The van der Waals surface area contributed by atoms with E-state index in [-0.39, 0.29) is 42.7 Å². The van der Waals surface area contributed by atoms with Crippen molar-refractivity contribution in [1.82, 2.24) is 20.0 Å². The predicted octanol–water partition coefficient (Wildman–Crippen LogP) is 4.49. The molecular weight excluding hydrogens is 445 g/mol. The number of hydrogen-bond donors (Lipinski definition) is 2. The van der Waals surface area contributed by atoms with Gasteiger partial charge in [0.1, 0.15) is 5.82 Å². The summed E-state index contributed by atoms with van der Waals surface area (Å²) in [7, 11) is 3.65. The Kier molecular flexibility index (Phi) is 6.41. The number of nitrogens with zero attached hydrogens (tertiary/aromatic N) is 3. The summed E-state index contributed by atoms with van der Waals surface area (Å²) in [6.07, 6.45) is 5.21. The van der Waals surface area contributed by atoms with Gasteiger partial charge in [-0.1, -0.05) is 12.1 Å². The molecule has 0 bridgehead atoms. The molecule has 3 aromatic rings. The first-order valence-corrected chi connectivity index (χ1v) is 11.0. The number of anilines is 1. The zero-order valence-electron chi connectivity index (χ0n) is 18.6. The summed E-state index contributed by atoms with van der Waals surface area (Å²) < 4.78 is 15.7.